The van der Waals surface area contributed by atoms with Crippen molar-refractivity contribution in [3.05, 3.63) is 35.9 Å². The average molecular weight is 217 g/mol. The van der Waals surface area contributed by atoms with E-state index < -0.39 is 0 Å². The molecule has 0 spiro atoms. The van der Waals surface area contributed by atoms with Crippen LogP contribution in [-0.2, 0) is 11.2 Å². The molecule has 1 aliphatic rings. The largest absolute Gasteiger partial charge is 0.343 e. The molecule has 1 aliphatic heterocycles. The standard InChI is InChI=1S/C14H19NO/c1-12(16)15-10-9-14(11-15)8-7-13-5-3-2-4-6-13/h2-6,14H,7-11H2,1H3. The van der Waals surface area contributed by atoms with Crippen LogP contribution in [-0.4, -0.2) is 23.9 Å². The Labute approximate surface area is 97.3 Å². The number of likely N-dealkylation sites (tertiary alicyclic amines) is 1. The second-order valence-electron chi connectivity index (χ2n) is 4.64. The lowest BCUT2D eigenvalue weighted by Crippen LogP contribution is -2.25. The molecule has 1 saturated heterocycles. The molecule has 1 atom stereocenters. The van der Waals surface area contributed by atoms with Crippen LogP contribution in [0.1, 0.15) is 25.3 Å². The van der Waals surface area contributed by atoms with E-state index in [1.165, 1.54) is 18.4 Å². The maximum atomic E-state index is 11.2. The fraction of sp³-hybridized carbons (Fsp3) is 0.500. The van der Waals surface area contributed by atoms with Crippen molar-refractivity contribution >= 4 is 5.91 Å². The Balaban J connectivity index is 1.78. The molecule has 16 heavy (non-hydrogen) atoms. The summed E-state index contributed by atoms with van der Waals surface area (Å²) in [4.78, 5) is 13.2. The molecular formula is C14H19NO. The number of aryl methyl sites for hydroxylation is 1. The fourth-order valence-electron chi connectivity index (χ4n) is 2.37. The number of hydrogen-bond acceptors (Lipinski definition) is 1. The van der Waals surface area contributed by atoms with Gasteiger partial charge >= 0.3 is 0 Å². The van der Waals surface area contributed by atoms with E-state index in [0.717, 1.165) is 19.5 Å². The van der Waals surface area contributed by atoms with E-state index in [1.807, 2.05) is 4.90 Å². The zero-order chi connectivity index (χ0) is 11.4. The normalized spacial score (nSPS) is 20.1. The molecule has 0 aromatic heterocycles. The highest BCUT2D eigenvalue weighted by atomic mass is 16.2. The molecule has 1 aromatic rings. The minimum absolute atomic E-state index is 0.224. The summed E-state index contributed by atoms with van der Waals surface area (Å²) in [6.07, 6.45) is 3.51. The van der Waals surface area contributed by atoms with Gasteiger partial charge in [-0.25, -0.2) is 0 Å². The number of benzene rings is 1. The molecule has 1 unspecified atom stereocenters. The van der Waals surface area contributed by atoms with Crippen molar-refractivity contribution in [2.24, 2.45) is 5.92 Å². The zero-order valence-corrected chi connectivity index (χ0v) is 9.86. The second kappa shape index (κ2) is 5.15. The molecular weight excluding hydrogens is 198 g/mol. The van der Waals surface area contributed by atoms with Crippen molar-refractivity contribution < 1.29 is 4.79 Å². The summed E-state index contributed by atoms with van der Waals surface area (Å²) in [5, 5.41) is 0. The van der Waals surface area contributed by atoms with E-state index >= 15 is 0 Å². The molecule has 0 bridgehead atoms. The Hall–Kier alpha value is -1.31. The highest BCUT2D eigenvalue weighted by Gasteiger charge is 2.23. The Kier molecular flexibility index (Phi) is 3.60. The molecule has 2 heteroatoms. The summed E-state index contributed by atoms with van der Waals surface area (Å²) in [5.41, 5.74) is 1.41. The van der Waals surface area contributed by atoms with Crippen molar-refractivity contribution in [1.29, 1.82) is 0 Å². The first-order chi connectivity index (χ1) is 7.75. The summed E-state index contributed by atoms with van der Waals surface area (Å²) >= 11 is 0. The lowest BCUT2D eigenvalue weighted by Gasteiger charge is -2.13. The number of hydrogen-bond donors (Lipinski definition) is 0. The van der Waals surface area contributed by atoms with Crippen molar-refractivity contribution in [2.75, 3.05) is 13.1 Å². The molecule has 1 heterocycles. The third-order valence-electron chi connectivity index (χ3n) is 3.42. The molecule has 0 radical (unpaired) electrons. The van der Waals surface area contributed by atoms with Crippen LogP contribution in [0.2, 0.25) is 0 Å². The Morgan fingerprint density at radius 1 is 1.38 bits per heavy atom. The topological polar surface area (TPSA) is 20.3 Å². The molecule has 2 nitrogen and oxygen atoms in total. The van der Waals surface area contributed by atoms with Crippen molar-refractivity contribution in [1.82, 2.24) is 4.90 Å². The molecule has 0 N–H and O–H groups in total. The molecule has 2 rings (SSSR count). The minimum atomic E-state index is 0.224. The molecule has 86 valence electrons. The first kappa shape index (κ1) is 11.2. The van der Waals surface area contributed by atoms with Gasteiger partial charge in [0.15, 0.2) is 0 Å². The second-order valence-corrected chi connectivity index (χ2v) is 4.64. The lowest BCUT2D eigenvalue weighted by molar-refractivity contribution is -0.127. The van der Waals surface area contributed by atoms with Gasteiger partial charge in [0.25, 0.3) is 0 Å². The Bertz CT molecular complexity index is 347. The monoisotopic (exact) mass is 217 g/mol. The molecule has 1 fully saturated rings. The Morgan fingerprint density at radius 2 is 2.12 bits per heavy atom. The summed E-state index contributed by atoms with van der Waals surface area (Å²) in [7, 11) is 0. The highest BCUT2D eigenvalue weighted by molar-refractivity contribution is 5.73. The van der Waals surface area contributed by atoms with Crippen LogP contribution in [0.4, 0.5) is 0 Å². The van der Waals surface area contributed by atoms with Gasteiger partial charge in [-0.3, -0.25) is 4.79 Å². The van der Waals surface area contributed by atoms with Gasteiger partial charge in [-0.15, -0.1) is 0 Å². The van der Waals surface area contributed by atoms with Crippen LogP contribution >= 0.6 is 0 Å². The lowest BCUT2D eigenvalue weighted by atomic mass is 9.99. The van der Waals surface area contributed by atoms with Gasteiger partial charge in [0.2, 0.25) is 5.91 Å². The van der Waals surface area contributed by atoms with E-state index in [1.54, 1.807) is 6.92 Å². The van der Waals surface area contributed by atoms with Crippen LogP contribution in [0, 0.1) is 5.92 Å². The van der Waals surface area contributed by atoms with E-state index in [4.69, 9.17) is 0 Å². The summed E-state index contributed by atoms with van der Waals surface area (Å²) in [5.74, 6) is 0.923. The first-order valence-electron chi connectivity index (χ1n) is 6.05. The summed E-state index contributed by atoms with van der Waals surface area (Å²) in [6.45, 7) is 3.58. The fourth-order valence-corrected chi connectivity index (χ4v) is 2.37. The molecule has 1 amide bonds. The predicted molar refractivity (Wildman–Crippen MR) is 65.1 cm³/mol. The van der Waals surface area contributed by atoms with Crippen LogP contribution in [0.15, 0.2) is 30.3 Å². The van der Waals surface area contributed by atoms with Crippen LogP contribution in [0.25, 0.3) is 0 Å². The van der Waals surface area contributed by atoms with Gasteiger partial charge in [0.05, 0.1) is 0 Å². The zero-order valence-electron chi connectivity index (χ0n) is 9.86. The summed E-state index contributed by atoms with van der Waals surface area (Å²) < 4.78 is 0. The van der Waals surface area contributed by atoms with E-state index in [9.17, 15) is 4.79 Å². The Morgan fingerprint density at radius 3 is 2.75 bits per heavy atom. The van der Waals surface area contributed by atoms with Gasteiger partial charge in [0, 0.05) is 20.0 Å². The van der Waals surface area contributed by atoms with Gasteiger partial charge < -0.3 is 4.90 Å². The number of carbonyl (C=O) groups is 1. The predicted octanol–water partition coefficient (Wildman–Crippen LogP) is 2.49. The smallest absolute Gasteiger partial charge is 0.219 e. The van der Waals surface area contributed by atoms with Crippen LogP contribution in [0.3, 0.4) is 0 Å². The van der Waals surface area contributed by atoms with E-state index in [2.05, 4.69) is 30.3 Å². The number of nitrogens with zero attached hydrogens (tertiary/aromatic N) is 1. The quantitative estimate of drug-likeness (QED) is 0.761. The van der Waals surface area contributed by atoms with Crippen LogP contribution in [0.5, 0.6) is 0 Å². The van der Waals surface area contributed by atoms with Crippen molar-refractivity contribution in [2.45, 2.75) is 26.2 Å². The van der Waals surface area contributed by atoms with Crippen molar-refractivity contribution in [3.8, 4) is 0 Å². The third-order valence-corrected chi connectivity index (χ3v) is 3.42. The number of rotatable bonds is 3. The first-order valence-corrected chi connectivity index (χ1v) is 6.05. The third kappa shape index (κ3) is 2.84. The van der Waals surface area contributed by atoms with Crippen LogP contribution < -0.4 is 0 Å². The average Bonchev–Trinajstić information content (AvgIpc) is 2.76. The number of carbonyl (C=O) groups excluding carboxylic acids is 1. The highest BCUT2D eigenvalue weighted by Crippen LogP contribution is 2.21. The maximum absolute atomic E-state index is 11.2. The van der Waals surface area contributed by atoms with Gasteiger partial charge in [-0.05, 0) is 30.7 Å². The molecule has 1 aromatic carbocycles. The van der Waals surface area contributed by atoms with Crippen molar-refractivity contribution in [3.63, 3.8) is 0 Å². The molecule has 0 aliphatic carbocycles. The number of amides is 1. The van der Waals surface area contributed by atoms with E-state index in [0.29, 0.717) is 5.92 Å². The summed E-state index contributed by atoms with van der Waals surface area (Å²) in [6, 6.07) is 10.6. The van der Waals surface area contributed by atoms with Gasteiger partial charge in [0.1, 0.15) is 0 Å². The van der Waals surface area contributed by atoms with E-state index in [-0.39, 0.29) is 5.91 Å². The van der Waals surface area contributed by atoms with Gasteiger partial charge in [-0.2, -0.15) is 0 Å². The maximum Gasteiger partial charge on any atom is 0.219 e. The SMILES string of the molecule is CC(=O)N1CCC(CCc2ccccc2)C1. The molecule has 0 saturated carbocycles. The van der Waals surface area contributed by atoms with Gasteiger partial charge in [-0.1, -0.05) is 30.3 Å². The minimum Gasteiger partial charge on any atom is -0.343 e.